The first-order valence-electron chi connectivity index (χ1n) is 6.93. The Morgan fingerprint density at radius 3 is 2.72 bits per heavy atom. The zero-order valence-corrected chi connectivity index (χ0v) is 12.0. The van der Waals surface area contributed by atoms with Crippen molar-refractivity contribution in [2.75, 3.05) is 13.7 Å². The number of hydrogen-bond acceptors (Lipinski definition) is 2. The lowest BCUT2D eigenvalue weighted by Gasteiger charge is -2.20. The molecule has 1 aliphatic carbocycles. The molecule has 1 aliphatic rings. The van der Waals surface area contributed by atoms with E-state index in [0.29, 0.717) is 11.5 Å². The van der Waals surface area contributed by atoms with E-state index in [4.69, 9.17) is 4.74 Å². The summed E-state index contributed by atoms with van der Waals surface area (Å²) >= 11 is 0. The monoisotopic (exact) mass is 247 g/mol. The van der Waals surface area contributed by atoms with Crippen molar-refractivity contribution in [3.8, 4) is 5.75 Å². The maximum absolute atomic E-state index is 5.29. The van der Waals surface area contributed by atoms with Crippen molar-refractivity contribution in [1.82, 2.24) is 5.32 Å². The molecule has 0 spiro atoms. The fourth-order valence-corrected chi connectivity index (χ4v) is 2.87. The molecule has 0 aromatic heterocycles. The molecule has 0 heterocycles. The van der Waals surface area contributed by atoms with Crippen molar-refractivity contribution in [3.63, 3.8) is 0 Å². The van der Waals surface area contributed by atoms with Gasteiger partial charge in [0.25, 0.3) is 0 Å². The molecule has 1 fully saturated rings. The Labute approximate surface area is 111 Å². The van der Waals surface area contributed by atoms with Gasteiger partial charge >= 0.3 is 0 Å². The SMILES string of the molecule is CCNC(Cc1cccc(OC)c1)C1CC1(C)C. The van der Waals surface area contributed by atoms with Gasteiger partial charge in [0.1, 0.15) is 5.75 Å². The summed E-state index contributed by atoms with van der Waals surface area (Å²) in [5.74, 6) is 1.77. The van der Waals surface area contributed by atoms with E-state index in [1.54, 1.807) is 7.11 Å². The Morgan fingerprint density at radius 1 is 1.44 bits per heavy atom. The predicted octanol–water partition coefficient (Wildman–Crippen LogP) is 3.26. The van der Waals surface area contributed by atoms with Crippen LogP contribution in [0, 0.1) is 11.3 Å². The van der Waals surface area contributed by atoms with Crippen LogP contribution in [0.1, 0.15) is 32.8 Å². The summed E-state index contributed by atoms with van der Waals surface area (Å²) in [6, 6.07) is 9.03. The van der Waals surface area contributed by atoms with Gasteiger partial charge in [-0.25, -0.2) is 0 Å². The highest BCUT2D eigenvalue weighted by molar-refractivity contribution is 5.29. The summed E-state index contributed by atoms with van der Waals surface area (Å²) in [4.78, 5) is 0. The topological polar surface area (TPSA) is 21.3 Å². The summed E-state index contributed by atoms with van der Waals surface area (Å²) in [7, 11) is 1.73. The van der Waals surface area contributed by atoms with Crippen LogP contribution in [-0.2, 0) is 6.42 Å². The number of methoxy groups -OCH3 is 1. The number of hydrogen-bond donors (Lipinski definition) is 1. The lowest BCUT2D eigenvalue weighted by molar-refractivity contribution is 0.404. The molecule has 100 valence electrons. The van der Waals surface area contributed by atoms with Crippen LogP contribution >= 0.6 is 0 Å². The Kier molecular flexibility index (Phi) is 3.96. The van der Waals surface area contributed by atoms with Gasteiger partial charge in [-0.15, -0.1) is 0 Å². The summed E-state index contributed by atoms with van der Waals surface area (Å²) in [6.45, 7) is 7.97. The molecule has 0 amide bonds. The highest BCUT2D eigenvalue weighted by Gasteiger charge is 2.49. The molecule has 1 saturated carbocycles. The van der Waals surface area contributed by atoms with Gasteiger partial charge in [0, 0.05) is 6.04 Å². The third-order valence-corrected chi connectivity index (χ3v) is 4.13. The molecule has 0 aliphatic heterocycles. The smallest absolute Gasteiger partial charge is 0.119 e. The standard InChI is InChI=1S/C16H25NO/c1-5-17-15(14-11-16(14,2)3)10-12-7-6-8-13(9-12)18-4/h6-9,14-15,17H,5,10-11H2,1-4H3. The average Bonchev–Trinajstić information content (AvgIpc) is 2.98. The van der Waals surface area contributed by atoms with Crippen molar-refractivity contribution < 1.29 is 4.74 Å². The molecule has 0 radical (unpaired) electrons. The average molecular weight is 247 g/mol. The first-order valence-corrected chi connectivity index (χ1v) is 6.93. The Balaban J connectivity index is 2.04. The molecule has 1 aromatic rings. The molecule has 0 bridgehead atoms. The minimum absolute atomic E-state index is 0.520. The van der Waals surface area contributed by atoms with Gasteiger partial charge in [0.15, 0.2) is 0 Å². The van der Waals surface area contributed by atoms with Gasteiger partial charge < -0.3 is 10.1 Å². The second-order valence-corrected chi connectivity index (χ2v) is 6.02. The maximum Gasteiger partial charge on any atom is 0.119 e. The Morgan fingerprint density at radius 2 is 2.17 bits per heavy atom. The lowest BCUT2D eigenvalue weighted by Crippen LogP contribution is -2.34. The highest BCUT2D eigenvalue weighted by Crippen LogP contribution is 2.54. The minimum Gasteiger partial charge on any atom is -0.497 e. The van der Waals surface area contributed by atoms with E-state index in [0.717, 1.165) is 24.6 Å². The maximum atomic E-state index is 5.29. The van der Waals surface area contributed by atoms with Crippen LogP contribution in [-0.4, -0.2) is 19.7 Å². The van der Waals surface area contributed by atoms with Crippen molar-refractivity contribution in [2.24, 2.45) is 11.3 Å². The molecular weight excluding hydrogens is 222 g/mol. The molecule has 2 atom stereocenters. The van der Waals surface area contributed by atoms with Crippen LogP contribution < -0.4 is 10.1 Å². The number of nitrogens with one attached hydrogen (secondary N) is 1. The van der Waals surface area contributed by atoms with E-state index >= 15 is 0 Å². The van der Waals surface area contributed by atoms with Crippen molar-refractivity contribution in [1.29, 1.82) is 0 Å². The molecular formula is C16H25NO. The van der Waals surface area contributed by atoms with Crippen LogP contribution in [0.4, 0.5) is 0 Å². The van der Waals surface area contributed by atoms with Crippen LogP contribution in [0.25, 0.3) is 0 Å². The summed E-state index contributed by atoms with van der Waals surface area (Å²) in [6.07, 6.45) is 2.44. The van der Waals surface area contributed by atoms with Crippen molar-refractivity contribution >= 4 is 0 Å². The van der Waals surface area contributed by atoms with Crippen LogP contribution in [0.5, 0.6) is 5.75 Å². The van der Waals surface area contributed by atoms with Crippen LogP contribution in [0.15, 0.2) is 24.3 Å². The highest BCUT2D eigenvalue weighted by atomic mass is 16.5. The largest absolute Gasteiger partial charge is 0.497 e. The molecule has 2 nitrogen and oxygen atoms in total. The summed E-state index contributed by atoms with van der Waals surface area (Å²) < 4.78 is 5.29. The van der Waals surface area contributed by atoms with Gasteiger partial charge in [0.05, 0.1) is 7.11 Å². The van der Waals surface area contributed by atoms with Crippen LogP contribution in [0.3, 0.4) is 0 Å². The molecule has 2 heteroatoms. The molecule has 2 unspecified atom stereocenters. The molecule has 2 rings (SSSR count). The fourth-order valence-electron chi connectivity index (χ4n) is 2.87. The summed E-state index contributed by atoms with van der Waals surface area (Å²) in [5, 5.41) is 3.65. The fraction of sp³-hybridized carbons (Fsp3) is 0.625. The zero-order valence-electron chi connectivity index (χ0n) is 12.0. The normalized spacial score (nSPS) is 22.6. The van der Waals surface area contributed by atoms with Gasteiger partial charge in [-0.2, -0.15) is 0 Å². The molecule has 1 N–H and O–H groups in total. The quantitative estimate of drug-likeness (QED) is 0.833. The van der Waals surface area contributed by atoms with E-state index in [1.807, 2.05) is 6.07 Å². The van der Waals surface area contributed by atoms with Gasteiger partial charge in [-0.1, -0.05) is 32.9 Å². The van der Waals surface area contributed by atoms with E-state index < -0.39 is 0 Å². The van der Waals surface area contributed by atoms with Gasteiger partial charge in [0.2, 0.25) is 0 Å². The first kappa shape index (κ1) is 13.4. The lowest BCUT2D eigenvalue weighted by atomic mass is 9.97. The second-order valence-electron chi connectivity index (χ2n) is 6.02. The zero-order chi connectivity index (χ0) is 13.2. The molecule has 1 aromatic carbocycles. The number of benzene rings is 1. The first-order chi connectivity index (χ1) is 8.56. The van der Waals surface area contributed by atoms with Gasteiger partial charge in [-0.05, 0) is 48.4 Å². The van der Waals surface area contributed by atoms with E-state index in [2.05, 4.69) is 44.3 Å². The van der Waals surface area contributed by atoms with Crippen LogP contribution in [0.2, 0.25) is 0 Å². The Hall–Kier alpha value is -1.02. The van der Waals surface area contributed by atoms with Crippen molar-refractivity contribution in [3.05, 3.63) is 29.8 Å². The summed E-state index contributed by atoms with van der Waals surface area (Å²) in [5.41, 5.74) is 1.88. The van der Waals surface area contributed by atoms with E-state index in [9.17, 15) is 0 Å². The van der Waals surface area contributed by atoms with E-state index in [-0.39, 0.29) is 0 Å². The predicted molar refractivity (Wildman–Crippen MR) is 76.1 cm³/mol. The van der Waals surface area contributed by atoms with Crippen molar-refractivity contribution in [2.45, 2.75) is 39.7 Å². The number of likely N-dealkylation sites (N-methyl/N-ethyl adjacent to an activating group) is 1. The number of rotatable bonds is 6. The minimum atomic E-state index is 0.520. The third-order valence-electron chi connectivity index (χ3n) is 4.13. The van der Waals surface area contributed by atoms with E-state index in [1.165, 1.54) is 12.0 Å². The molecule has 0 saturated heterocycles. The second kappa shape index (κ2) is 5.31. The molecule has 18 heavy (non-hydrogen) atoms. The number of ether oxygens (including phenoxy) is 1. The van der Waals surface area contributed by atoms with Gasteiger partial charge in [-0.3, -0.25) is 0 Å². The Bertz CT molecular complexity index is 400. The third kappa shape index (κ3) is 3.05.